The van der Waals surface area contributed by atoms with E-state index < -0.39 is 6.04 Å². The number of carbonyl (C=O) groups is 2. The van der Waals surface area contributed by atoms with Crippen molar-refractivity contribution in [2.75, 3.05) is 6.54 Å². The molecule has 0 heterocycles. The largest absolute Gasteiger partial charge is 0.354 e. The molecule has 1 aromatic carbocycles. The molecule has 1 N–H and O–H groups in total. The van der Waals surface area contributed by atoms with E-state index in [1.165, 1.54) is 0 Å². The van der Waals surface area contributed by atoms with Crippen molar-refractivity contribution in [1.82, 2.24) is 10.2 Å². The van der Waals surface area contributed by atoms with Crippen LogP contribution in [-0.4, -0.2) is 29.3 Å². The molecule has 0 unspecified atom stereocenters. The van der Waals surface area contributed by atoms with Crippen LogP contribution in [0.4, 0.5) is 0 Å². The van der Waals surface area contributed by atoms with Crippen molar-refractivity contribution in [3.63, 3.8) is 0 Å². The summed E-state index contributed by atoms with van der Waals surface area (Å²) in [4.78, 5) is 26.4. The molecule has 0 bridgehead atoms. The highest BCUT2D eigenvalue weighted by Crippen LogP contribution is 2.13. The Bertz CT molecular complexity index is 459. The number of nitrogens with one attached hydrogen (secondary N) is 1. The van der Waals surface area contributed by atoms with E-state index >= 15 is 0 Å². The average molecular weight is 304 g/mol. The fourth-order valence-corrected chi connectivity index (χ4v) is 2.41. The van der Waals surface area contributed by atoms with Crippen molar-refractivity contribution in [2.45, 2.75) is 59.0 Å². The second kappa shape index (κ2) is 9.98. The smallest absolute Gasteiger partial charge is 0.242 e. The van der Waals surface area contributed by atoms with Gasteiger partial charge in [-0.15, -0.1) is 0 Å². The molecule has 1 rings (SSSR count). The SMILES string of the molecule is CCCCNC(=O)[C@@H](CC)N(Cc1ccccc1)C(=O)CC. The Hall–Kier alpha value is -1.84. The third-order valence-corrected chi connectivity index (χ3v) is 3.71. The van der Waals surface area contributed by atoms with E-state index in [0.717, 1.165) is 18.4 Å². The topological polar surface area (TPSA) is 49.4 Å². The van der Waals surface area contributed by atoms with Crippen LogP contribution >= 0.6 is 0 Å². The predicted molar refractivity (Wildman–Crippen MR) is 89.3 cm³/mol. The first-order chi connectivity index (χ1) is 10.6. The summed E-state index contributed by atoms with van der Waals surface area (Å²) >= 11 is 0. The fraction of sp³-hybridized carbons (Fsp3) is 0.556. The minimum Gasteiger partial charge on any atom is -0.354 e. The van der Waals surface area contributed by atoms with Crippen LogP contribution in [0.15, 0.2) is 30.3 Å². The minimum atomic E-state index is -0.399. The molecule has 2 amide bonds. The molecule has 0 fully saturated rings. The first kappa shape index (κ1) is 18.2. The minimum absolute atomic E-state index is 0.0151. The Balaban J connectivity index is 2.83. The summed E-state index contributed by atoms with van der Waals surface area (Å²) in [5.41, 5.74) is 1.05. The highest BCUT2D eigenvalue weighted by Gasteiger charge is 2.27. The molecule has 1 aromatic rings. The molecule has 0 spiro atoms. The van der Waals surface area contributed by atoms with E-state index in [1.54, 1.807) is 4.90 Å². The Morgan fingerprint density at radius 1 is 1.14 bits per heavy atom. The van der Waals surface area contributed by atoms with Gasteiger partial charge in [0.25, 0.3) is 0 Å². The molecule has 0 aliphatic carbocycles. The lowest BCUT2D eigenvalue weighted by Gasteiger charge is -2.30. The molecule has 22 heavy (non-hydrogen) atoms. The van der Waals surface area contributed by atoms with Gasteiger partial charge < -0.3 is 10.2 Å². The second-order valence-electron chi connectivity index (χ2n) is 5.43. The Labute approximate surface area is 133 Å². The summed E-state index contributed by atoms with van der Waals surface area (Å²) in [6, 6.07) is 9.42. The number of hydrogen-bond acceptors (Lipinski definition) is 2. The molecular formula is C18H28N2O2. The monoisotopic (exact) mass is 304 g/mol. The maximum atomic E-state index is 12.4. The van der Waals surface area contributed by atoms with Gasteiger partial charge in [0.2, 0.25) is 11.8 Å². The van der Waals surface area contributed by atoms with Gasteiger partial charge in [0.05, 0.1) is 0 Å². The van der Waals surface area contributed by atoms with Crippen LogP contribution in [0.25, 0.3) is 0 Å². The molecular weight excluding hydrogens is 276 g/mol. The molecule has 0 aliphatic heterocycles. The number of carbonyl (C=O) groups excluding carboxylic acids is 2. The van der Waals surface area contributed by atoms with Gasteiger partial charge >= 0.3 is 0 Å². The number of benzene rings is 1. The zero-order valence-corrected chi connectivity index (χ0v) is 14.0. The van der Waals surface area contributed by atoms with Gasteiger partial charge in [0.15, 0.2) is 0 Å². The maximum Gasteiger partial charge on any atom is 0.242 e. The third kappa shape index (κ3) is 5.51. The molecule has 0 radical (unpaired) electrons. The molecule has 1 atom stereocenters. The van der Waals surface area contributed by atoms with Crippen molar-refractivity contribution < 1.29 is 9.59 Å². The lowest BCUT2D eigenvalue weighted by atomic mass is 10.1. The van der Waals surface area contributed by atoms with Gasteiger partial charge in [-0.05, 0) is 18.4 Å². The molecule has 4 heteroatoms. The lowest BCUT2D eigenvalue weighted by Crippen LogP contribution is -2.49. The zero-order chi connectivity index (χ0) is 16.4. The number of amides is 2. The van der Waals surface area contributed by atoms with Gasteiger partial charge in [0.1, 0.15) is 6.04 Å². The first-order valence-corrected chi connectivity index (χ1v) is 8.25. The van der Waals surface area contributed by atoms with E-state index in [9.17, 15) is 9.59 Å². The number of hydrogen-bond donors (Lipinski definition) is 1. The van der Waals surface area contributed by atoms with Gasteiger partial charge in [-0.1, -0.05) is 57.5 Å². The molecule has 0 saturated heterocycles. The predicted octanol–water partition coefficient (Wildman–Crippen LogP) is 3.12. The molecule has 4 nitrogen and oxygen atoms in total. The van der Waals surface area contributed by atoms with E-state index in [-0.39, 0.29) is 11.8 Å². The fourth-order valence-electron chi connectivity index (χ4n) is 2.41. The van der Waals surface area contributed by atoms with Crippen molar-refractivity contribution >= 4 is 11.8 Å². The van der Waals surface area contributed by atoms with Crippen LogP contribution in [0.3, 0.4) is 0 Å². The van der Waals surface area contributed by atoms with Crippen LogP contribution in [0.5, 0.6) is 0 Å². The average Bonchev–Trinajstić information content (AvgIpc) is 2.55. The Morgan fingerprint density at radius 2 is 1.82 bits per heavy atom. The van der Waals surface area contributed by atoms with Gasteiger partial charge in [-0.3, -0.25) is 9.59 Å². The normalized spacial score (nSPS) is 11.8. The quantitative estimate of drug-likeness (QED) is 0.713. The summed E-state index contributed by atoms with van der Waals surface area (Å²) in [7, 11) is 0. The summed E-state index contributed by atoms with van der Waals surface area (Å²) in [5.74, 6) is -0.0324. The summed E-state index contributed by atoms with van der Waals surface area (Å²) in [6.45, 7) is 7.03. The molecule has 0 saturated carbocycles. The summed E-state index contributed by atoms with van der Waals surface area (Å²) in [6.07, 6.45) is 3.03. The van der Waals surface area contributed by atoms with Gasteiger partial charge in [-0.2, -0.15) is 0 Å². The zero-order valence-electron chi connectivity index (χ0n) is 14.0. The second-order valence-corrected chi connectivity index (χ2v) is 5.43. The molecule has 0 aliphatic rings. The standard InChI is InChI=1S/C18H28N2O2/c1-4-7-13-19-18(22)16(5-2)20(17(21)6-3)14-15-11-9-8-10-12-15/h8-12,16H,4-7,13-14H2,1-3H3,(H,19,22)/t16-/m1/s1. The lowest BCUT2D eigenvalue weighted by molar-refractivity contribution is -0.141. The van der Waals surface area contributed by atoms with Crippen molar-refractivity contribution in [2.24, 2.45) is 0 Å². The van der Waals surface area contributed by atoms with Crippen molar-refractivity contribution in [3.05, 3.63) is 35.9 Å². The van der Waals surface area contributed by atoms with Gasteiger partial charge in [0, 0.05) is 19.5 Å². The maximum absolute atomic E-state index is 12.4. The van der Waals surface area contributed by atoms with Crippen LogP contribution < -0.4 is 5.32 Å². The molecule has 0 aromatic heterocycles. The summed E-state index contributed by atoms with van der Waals surface area (Å²) in [5, 5.41) is 2.95. The van der Waals surface area contributed by atoms with Crippen LogP contribution in [0.1, 0.15) is 52.0 Å². The van der Waals surface area contributed by atoms with Gasteiger partial charge in [-0.25, -0.2) is 0 Å². The summed E-state index contributed by atoms with van der Waals surface area (Å²) < 4.78 is 0. The highest BCUT2D eigenvalue weighted by molar-refractivity contribution is 5.87. The van der Waals surface area contributed by atoms with Crippen molar-refractivity contribution in [1.29, 1.82) is 0 Å². The van der Waals surface area contributed by atoms with E-state index in [4.69, 9.17) is 0 Å². The van der Waals surface area contributed by atoms with Crippen LogP contribution in [-0.2, 0) is 16.1 Å². The van der Waals surface area contributed by atoms with E-state index in [1.807, 2.05) is 44.2 Å². The molecule has 122 valence electrons. The first-order valence-electron chi connectivity index (χ1n) is 8.25. The third-order valence-electron chi connectivity index (χ3n) is 3.71. The van der Waals surface area contributed by atoms with E-state index in [2.05, 4.69) is 12.2 Å². The van der Waals surface area contributed by atoms with Crippen LogP contribution in [0.2, 0.25) is 0 Å². The Morgan fingerprint density at radius 3 is 2.36 bits per heavy atom. The number of rotatable bonds is 9. The van der Waals surface area contributed by atoms with Crippen LogP contribution in [0, 0.1) is 0 Å². The highest BCUT2D eigenvalue weighted by atomic mass is 16.2. The number of unbranched alkanes of at least 4 members (excludes halogenated alkanes) is 1. The Kier molecular flexibility index (Phi) is 8.26. The van der Waals surface area contributed by atoms with E-state index in [0.29, 0.717) is 25.9 Å². The number of nitrogens with zero attached hydrogens (tertiary/aromatic N) is 1. The van der Waals surface area contributed by atoms with Crippen molar-refractivity contribution in [3.8, 4) is 0 Å².